The number of benzene rings is 3. The standard InChI is InChI=1S/C30H33F2N3O6S/c1-4-20(2)33-30(37)21(3)34(18-22-7-5-6-8-26(22)32)29(36)19-35(24-11-9-23(31)10-12-24)42(38,39)25-13-14-27-28(17-25)41-16-15-40-27/h5-14,17,20-21H,4,15-16,18-19H2,1-3H3,(H,33,37)/t20-,21+/m1/s1. The lowest BCUT2D eigenvalue weighted by Crippen LogP contribution is -2.52. The van der Waals surface area contributed by atoms with Crippen molar-refractivity contribution in [1.29, 1.82) is 0 Å². The number of nitrogens with one attached hydrogen (secondary N) is 1. The van der Waals surface area contributed by atoms with E-state index in [1.807, 2.05) is 13.8 Å². The Balaban J connectivity index is 1.72. The van der Waals surface area contributed by atoms with Gasteiger partial charge in [0.2, 0.25) is 11.8 Å². The third-order valence-corrected chi connectivity index (χ3v) is 8.73. The average Bonchev–Trinajstić information content (AvgIpc) is 2.99. The molecule has 3 aromatic rings. The zero-order valence-corrected chi connectivity index (χ0v) is 24.4. The number of hydrogen-bond acceptors (Lipinski definition) is 6. The maximum Gasteiger partial charge on any atom is 0.264 e. The molecule has 2 atom stereocenters. The molecule has 1 heterocycles. The molecule has 4 rings (SSSR count). The third kappa shape index (κ3) is 6.99. The van der Waals surface area contributed by atoms with Crippen LogP contribution in [0.5, 0.6) is 11.5 Å². The van der Waals surface area contributed by atoms with Crippen LogP contribution in [-0.2, 0) is 26.2 Å². The van der Waals surface area contributed by atoms with Gasteiger partial charge in [-0.15, -0.1) is 0 Å². The van der Waals surface area contributed by atoms with Crippen LogP contribution in [0, 0.1) is 11.6 Å². The number of hydrogen-bond donors (Lipinski definition) is 1. The number of nitrogens with zero attached hydrogens (tertiary/aromatic N) is 2. The van der Waals surface area contributed by atoms with Gasteiger partial charge in [-0.1, -0.05) is 25.1 Å². The third-order valence-electron chi connectivity index (χ3n) is 6.96. The molecular weight excluding hydrogens is 568 g/mol. The molecule has 0 bridgehead atoms. The Morgan fingerprint density at radius 2 is 1.62 bits per heavy atom. The van der Waals surface area contributed by atoms with E-state index in [0.29, 0.717) is 18.8 Å². The SMILES string of the molecule is CC[C@@H](C)NC(=O)[C@H](C)N(Cc1ccccc1F)C(=O)CN(c1ccc(F)cc1)S(=O)(=O)c1ccc2c(c1)OCCO2. The lowest BCUT2D eigenvalue weighted by atomic mass is 10.1. The minimum absolute atomic E-state index is 0.0159. The topological polar surface area (TPSA) is 105 Å². The highest BCUT2D eigenvalue weighted by Gasteiger charge is 2.34. The first kappa shape index (κ1) is 30.8. The van der Waals surface area contributed by atoms with Crippen LogP contribution in [0.15, 0.2) is 71.6 Å². The van der Waals surface area contributed by atoms with Gasteiger partial charge in [0.15, 0.2) is 11.5 Å². The van der Waals surface area contributed by atoms with Crippen molar-refractivity contribution in [2.24, 2.45) is 0 Å². The highest BCUT2D eigenvalue weighted by atomic mass is 32.2. The summed E-state index contributed by atoms with van der Waals surface area (Å²) < 4.78 is 68.3. The van der Waals surface area contributed by atoms with Crippen LogP contribution in [0.25, 0.3) is 0 Å². The van der Waals surface area contributed by atoms with Gasteiger partial charge in [-0.3, -0.25) is 13.9 Å². The van der Waals surface area contributed by atoms with Gasteiger partial charge in [0.1, 0.15) is 37.4 Å². The second-order valence-electron chi connectivity index (χ2n) is 9.90. The van der Waals surface area contributed by atoms with Gasteiger partial charge in [0, 0.05) is 24.2 Å². The van der Waals surface area contributed by atoms with Gasteiger partial charge in [-0.25, -0.2) is 17.2 Å². The zero-order chi connectivity index (χ0) is 30.4. The summed E-state index contributed by atoms with van der Waals surface area (Å²) in [5.41, 5.74) is 0.166. The first-order valence-electron chi connectivity index (χ1n) is 13.5. The number of carbonyl (C=O) groups excluding carboxylic acids is 2. The predicted molar refractivity (Wildman–Crippen MR) is 153 cm³/mol. The van der Waals surface area contributed by atoms with Crippen LogP contribution < -0.4 is 19.1 Å². The summed E-state index contributed by atoms with van der Waals surface area (Å²) in [6, 6.07) is 13.3. The molecule has 3 aromatic carbocycles. The molecule has 12 heteroatoms. The summed E-state index contributed by atoms with van der Waals surface area (Å²) in [6.45, 7) is 4.70. The fraction of sp³-hybridized carbons (Fsp3) is 0.333. The van der Waals surface area contributed by atoms with E-state index in [2.05, 4.69) is 5.32 Å². The fourth-order valence-corrected chi connectivity index (χ4v) is 5.74. The van der Waals surface area contributed by atoms with Crippen molar-refractivity contribution in [3.05, 3.63) is 83.9 Å². The van der Waals surface area contributed by atoms with Gasteiger partial charge in [-0.2, -0.15) is 0 Å². The molecule has 0 aromatic heterocycles. The first-order chi connectivity index (χ1) is 20.0. The van der Waals surface area contributed by atoms with Crippen LogP contribution in [0.2, 0.25) is 0 Å². The lowest BCUT2D eigenvalue weighted by molar-refractivity contribution is -0.139. The molecule has 42 heavy (non-hydrogen) atoms. The van der Waals surface area contributed by atoms with Crippen LogP contribution in [0.3, 0.4) is 0 Å². The Kier molecular flexibility index (Phi) is 9.66. The fourth-order valence-electron chi connectivity index (χ4n) is 4.31. The van der Waals surface area contributed by atoms with E-state index in [4.69, 9.17) is 9.47 Å². The van der Waals surface area contributed by atoms with E-state index < -0.39 is 46.1 Å². The van der Waals surface area contributed by atoms with Crippen LogP contribution in [0.1, 0.15) is 32.8 Å². The Bertz CT molecular complexity index is 1530. The largest absolute Gasteiger partial charge is 0.486 e. The molecule has 0 saturated heterocycles. The minimum Gasteiger partial charge on any atom is -0.486 e. The summed E-state index contributed by atoms with van der Waals surface area (Å²) in [6.07, 6.45) is 0.645. The molecule has 9 nitrogen and oxygen atoms in total. The van der Waals surface area contributed by atoms with Gasteiger partial charge >= 0.3 is 0 Å². The zero-order valence-electron chi connectivity index (χ0n) is 23.5. The maximum absolute atomic E-state index is 14.7. The summed E-state index contributed by atoms with van der Waals surface area (Å²) in [7, 11) is -4.43. The van der Waals surface area contributed by atoms with Crippen molar-refractivity contribution in [3.8, 4) is 11.5 Å². The molecule has 0 spiro atoms. The molecule has 1 aliphatic rings. The molecule has 0 radical (unpaired) electrons. The Morgan fingerprint density at radius 3 is 2.29 bits per heavy atom. The van der Waals surface area contributed by atoms with E-state index in [0.717, 1.165) is 21.3 Å². The minimum atomic E-state index is -4.43. The first-order valence-corrected chi connectivity index (χ1v) is 15.0. The molecule has 0 unspecified atom stereocenters. The summed E-state index contributed by atoms with van der Waals surface area (Å²) in [5.74, 6) is -1.82. The quantitative estimate of drug-likeness (QED) is 0.352. The predicted octanol–water partition coefficient (Wildman–Crippen LogP) is 4.26. The highest BCUT2D eigenvalue weighted by Crippen LogP contribution is 2.34. The second-order valence-corrected chi connectivity index (χ2v) is 11.8. The highest BCUT2D eigenvalue weighted by molar-refractivity contribution is 7.92. The van der Waals surface area contributed by atoms with Crippen molar-refractivity contribution in [3.63, 3.8) is 0 Å². The Morgan fingerprint density at radius 1 is 0.952 bits per heavy atom. The Hall–Kier alpha value is -4.19. The van der Waals surface area contributed by atoms with E-state index in [1.165, 1.54) is 55.5 Å². The molecule has 2 amide bonds. The van der Waals surface area contributed by atoms with Crippen molar-refractivity contribution < 1.29 is 36.3 Å². The maximum atomic E-state index is 14.7. The molecular formula is C30H33F2N3O6S. The second kappa shape index (κ2) is 13.2. The smallest absolute Gasteiger partial charge is 0.264 e. The molecule has 1 N–H and O–H groups in total. The normalized spacial score (nSPS) is 14.0. The van der Waals surface area contributed by atoms with Crippen molar-refractivity contribution >= 4 is 27.5 Å². The molecule has 0 fully saturated rings. The summed E-state index contributed by atoms with van der Waals surface area (Å²) in [5, 5.41) is 2.82. The number of anilines is 1. The number of halogens is 2. The van der Waals surface area contributed by atoms with Gasteiger partial charge < -0.3 is 19.7 Å². The summed E-state index contributed by atoms with van der Waals surface area (Å²) >= 11 is 0. The number of carbonyl (C=O) groups is 2. The van der Waals surface area contributed by atoms with Gasteiger partial charge in [0.05, 0.1) is 10.6 Å². The number of sulfonamides is 1. The monoisotopic (exact) mass is 601 g/mol. The van der Waals surface area contributed by atoms with Crippen LogP contribution in [-0.4, -0.2) is 57.0 Å². The molecule has 0 aliphatic carbocycles. The van der Waals surface area contributed by atoms with Gasteiger partial charge in [-0.05, 0) is 62.7 Å². The molecule has 224 valence electrons. The van der Waals surface area contributed by atoms with Crippen molar-refractivity contribution in [1.82, 2.24) is 10.2 Å². The van der Waals surface area contributed by atoms with Gasteiger partial charge in [0.25, 0.3) is 10.0 Å². The van der Waals surface area contributed by atoms with E-state index in [-0.39, 0.29) is 41.1 Å². The van der Waals surface area contributed by atoms with Crippen LogP contribution >= 0.6 is 0 Å². The van der Waals surface area contributed by atoms with Crippen molar-refractivity contribution in [2.75, 3.05) is 24.1 Å². The van der Waals surface area contributed by atoms with E-state index in [1.54, 1.807) is 6.07 Å². The van der Waals surface area contributed by atoms with Crippen LogP contribution in [0.4, 0.5) is 14.5 Å². The lowest BCUT2D eigenvalue weighted by Gasteiger charge is -2.32. The number of fused-ring (bicyclic) bond motifs is 1. The Labute approximate surface area is 244 Å². The number of amides is 2. The average molecular weight is 602 g/mol. The molecule has 1 aliphatic heterocycles. The van der Waals surface area contributed by atoms with E-state index in [9.17, 15) is 26.8 Å². The number of rotatable bonds is 11. The van der Waals surface area contributed by atoms with E-state index >= 15 is 0 Å². The number of ether oxygens (including phenoxy) is 2. The molecule has 0 saturated carbocycles. The summed E-state index contributed by atoms with van der Waals surface area (Å²) in [4.78, 5) is 27.9. The van der Waals surface area contributed by atoms with Crippen molar-refractivity contribution in [2.45, 2.75) is 50.7 Å².